The molecule has 0 aromatic heterocycles. The third kappa shape index (κ3) is 4.24. The topological polar surface area (TPSA) is 46.5 Å². The van der Waals surface area contributed by atoms with Crippen molar-refractivity contribution in [3.63, 3.8) is 0 Å². The van der Waals surface area contributed by atoms with E-state index in [1.165, 1.54) is 0 Å². The first-order valence-corrected chi connectivity index (χ1v) is 4.13. The predicted octanol–water partition coefficient (Wildman–Crippen LogP) is -0.725. The summed E-state index contributed by atoms with van der Waals surface area (Å²) in [6.45, 7) is 0. The SMILES string of the molecule is C#CC(F)([SiH3])O[P+](=O)O. The first-order valence-electron chi connectivity index (χ1n) is 2.00. The van der Waals surface area contributed by atoms with Crippen LogP contribution in [0.25, 0.3) is 0 Å². The molecule has 0 radical (unpaired) electrons. The highest BCUT2D eigenvalue weighted by molar-refractivity contribution is 7.32. The minimum absolute atomic E-state index is 0.122. The molecule has 0 aliphatic carbocycles. The molecule has 0 aromatic carbocycles. The van der Waals surface area contributed by atoms with Gasteiger partial charge in [0.25, 0.3) is 5.48 Å². The Hall–Kier alpha value is -0.273. The fourth-order valence-corrected chi connectivity index (χ4v) is 0.988. The molecule has 50 valence electrons. The monoisotopic (exact) mass is 167 g/mol. The second-order valence-electron chi connectivity index (χ2n) is 1.39. The Bertz CT molecular complexity index is 163. The molecule has 0 saturated heterocycles. The van der Waals surface area contributed by atoms with Gasteiger partial charge in [0.15, 0.2) is 0 Å². The van der Waals surface area contributed by atoms with Crippen LogP contribution in [0.5, 0.6) is 0 Å². The summed E-state index contributed by atoms with van der Waals surface area (Å²) in [6, 6.07) is 0. The van der Waals surface area contributed by atoms with Crippen molar-refractivity contribution in [2.45, 2.75) is 5.48 Å². The van der Waals surface area contributed by atoms with Crippen LogP contribution >= 0.6 is 8.25 Å². The van der Waals surface area contributed by atoms with Crippen LogP contribution in [0.15, 0.2) is 0 Å². The highest BCUT2D eigenvalue weighted by Crippen LogP contribution is 2.23. The van der Waals surface area contributed by atoms with Crippen molar-refractivity contribution in [3.05, 3.63) is 0 Å². The summed E-state index contributed by atoms with van der Waals surface area (Å²) in [4.78, 5) is 7.99. The molecule has 0 spiro atoms. The van der Waals surface area contributed by atoms with Crippen molar-refractivity contribution < 1.29 is 18.4 Å². The summed E-state index contributed by atoms with van der Waals surface area (Å²) < 4.78 is 25.9. The van der Waals surface area contributed by atoms with E-state index in [2.05, 4.69) is 10.9 Å². The fraction of sp³-hybridized carbons (Fsp3) is 0.333. The van der Waals surface area contributed by atoms with E-state index in [0.717, 1.165) is 0 Å². The van der Waals surface area contributed by atoms with Crippen LogP contribution in [-0.2, 0) is 9.09 Å². The molecule has 9 heavy (non-hydrogen) atoms. The van der Waals surface area contributed by atoms with E-state index >= 15 is 0 Å². The largest absolute Gasteiger partial charge is 0.698 e. The van der Waals surface area contributed by atoms with Gasteiger partial charge in [-0.2, -0.15) is 4.39 Å². The predicted molar refractivity (Wildman–Crippen MR) is 33.5 cm³/mol. The number of alkyl halides is 1. The average Bonchev–Trinajstić information content (AvgIpc) is 1.63. The molecule has 0 amide bonds. The van der Waals surface area contributed by atoms with Gasteiger partial charge in [0.2, 0.25) is 0 Å². The van der Waals surface area contributed by atoms with E-state index in [9.17, 15) is 8.96 Å². The normalized spacial score (nSPS) is 18.1. The summed E-state index contributed by atoms with van der Waals surface area (Å²) in [5.41, 5.74) is -2.30. The first-order chi connectivity index (χ1) is 3.98. The summed E-state index contributed by atoms with van der Waals surface area (Å²) in [6.07, 6.45) is 4.60. The Morgan fingerprint density at radius 2 is 2.44 bits per heavy atom. The smallest absolute Gasteiger partial charge is 0.199 e. The number of hydrogen-bond donors (Lipinski definition) is 1. The van der Waals surface area contributed by atoms with Crippen LogP contribution in [0.3, 0.4) is 0 Å². The Labute approximate surface area is 55.6 Å². The molecule has 6 heteroatoms. The quantitative estimate of drug-likeness (QED) is 0.335. The molecule has 1 N–H and O–H groups in total. The van der Waals surface area contributed by atoms with E-state index in [0.29, 0.717) is 0 Å². The molecular weight excluding hydrogens is 162 g/mol. The Morgan fingerprint density at radius 1 is 2.00 bits per heavy atom. The maximum Gasteiger partial charge on any atom is 0.698 e. The lowest BCUT2D eigenvalue weighted by Gasteiger charge is -2.00. The van der Waals surface area contributed by atoms with E-state index in [1.54, 1.807) is 5.92 Å². The van der Waals surface area contributed by atoms with Gasteiger partial charge in [0.1, 0.15) is 10.2 Å². The second kappa shape index (κ2) is 3.04. The lowest BCUT2D eigenvalue weighted by atomic mass is 10.7. The number of terminal acetylenes is 1. The molecule has 2 unspecified atom stereocenters. The van der Waals surface area contributed by atoms with Crippen molar-refractivity contribution >= 4 is 18.5 Å². The van der Waals surface area contributed by atoms with Gasteiger partial charge in [0, 0.05) is 4.57 Å². The summed E-state index contributed by atoms with van der Waals surface area (Å²) in [5.74, 6) is 1.60. The summed E-state index contributed by atoms with van der Waals surface area (Å²) >= 11 is 0. The lowest BCUT2D eigenvalue weighted by molar-refractivity contribution is 0.0737. The van der Waals surface area contributed by atoms with E-state index in [1.807, 2.05) is 0 Å². The van der Waals surface area contributed by atoms with Gasteiger partial charge in [0.05, 0.1) is 0 Å². The average molecular weight is 167 g/mol. The third-order valence-corrected chi connectivity index (χ3v) is 1.84. The third-order valence-electron chi connectivity index (χ3n) is 0.507. The van der Waals surface area contributed by atoms with Crippen LogP contribution < -0.4 is 0 Å². The van der Waals surface area contributed by atoms with Crippen molar-refractivity contribution in [2.24, 2.45) is 0 Å². The van der Waals surface area contributed by atoms with Gasteiger partial charge in [-0.25, -0.2) is 0 Å². The van der Waals surface area contributed by atoms with Crippen LogP contribution in [0.1, 0.15) is 0 Å². The van der Waals surface area contributed by atoms with Gasteiger partial charge >= 0.3 is 8.25 Å². The van der Waals surface area contributed by atoms with Gasteiger partial charge in [-0.1, -0.05) is 4.52 Å². The molecule has 0 saturated carbocycles. The second-order valence-corrected chi connectivity index (χ2v) is 3.33. The minimum Gasteiger partial charge on any atom is -0.199 e. The molecule has 0 aliphatic rings. The Kier molecular flexibility index (Phi) is 2.95. The number of halogens is 1. The highest BCUT2D eigenvalue weighted by atomic mass is 31.1. The Balaban J connectivity index is 3.91. The van der Waals surface area contributed by atoms with Gasteiger partial charge in [-0.3, -0.25) is 0 Å². The maximum atomic E-state index is 12.3. The zero-order chi connectivity index (χ0) is 7.49. The summed E-state index contributed by atoms with van der Waals surface area (Å²) in [5, 5.41) is 0. The van der Waals surface area contributed by atoms with Crippen molar-refractivity contribution in [1.29, 1.82) is 0 Å². The van der Waals surface area contributed by atoms with Crippen molar-refractivity contribution in [2.75, 3.05) is 0 Å². The molecule has 0 aliphatic heterocycles. The van der Waals surface area contributed by atoms with E-state index < -0.39 is 13.7 Å². The number of rotatable bonds is 2. The first kappa shape index (κ1) is 8.73. The standard InChI is InChI=1S/C3H4FO3PSi/c1-2-3(4,9)7-8(5)6/h1H,9H3/p+1. The van der Waals surface area contributed by atoms with Crippen LogP contribution in [0, 0.1) is 12.3 Å². The van der Waals surface area contributed by atoms with Gasteiger partial charge in [-0.15, -0.1) is 11.3 Å². The molecule has 2 atom stereocenters. The van der Waals surface area contributed by atoms with Crippen LogP contribution in [-0.4, -0.2) is 20.6 Å². The zero-order valence-corrected chi connectivity index (χ0v) is 7.56. The van der Waals surface area contributed by atoms with Gasteiger partial charge in [-0.05, 0) is 5.92 Å². The maximum absolute atomic E-state index is 12.3. The van der Waals surface area contributed by atoms with Crippen LogP contribution in [0.4, 0.5) is 4.39 Å². The number of hydrogen-bond acceptors (Lipinski definition) is 2. The van der Waals surface area contributed by atoms with Crippen molar-refractivity contribution in [1.82, 2.24) is 0 Å². The molecule has 0 fully saturated rings. The van der Waals surface area contributed by atoms with Crippen LogP contribution in [0.2, 0.25) is 0 Å². The fourth-order valence-electron chi connectivity index (χ4n) is 0.173. The molecule has 0 heterocycles. The Morgan fingerprint density at radius 3 is 2.56 bits per heavy atom. The molecule has 0 aromatic rings. The molecule has 0 rings (SSSR count). The van der Waals surface area contributed by atoms with E-state index in [-0.39, 0.29) is 10.2 Å². The van der Waals surface area contributed by atoms with Gasteiger partial charge < -0.3 is 0 Å². The molecular formula is C3H5FO3PSi+. The summed E-state index contributed by atoms with van der Waals surface area (Å²) in [7, 11) is -3.05. The highest BCUT2D eigenvalue weighted by Gasteiger charge is 2.32. The van der Waals surface area contributed by atoms with E-state index in [4.69, 9.17) is 4.89 Å². The molecule has 3 nitrogen and oxygen atoms in total. The zero-order valence-electron chi connectivity index (χ0n) is 4.67. The lowest BCUT2D eigenvalue weighted by Crippen LogP contribution is -2.20. The minimum atomic E-state index is -2.93. The van der Waals surface area contributed by atoms with Crippen molar-refractivity contribution in [3.8, 4) is 12.3 Å². The molecule has 0 bridgehead atoms.